The molecule has 1 aromatic rings. The van der Waals surface area contributed by atoms with Crippen LogP contribution in [0.3, 0.4) is 0 Å². The van der Waals surface area contributed by atoms with Gasteiger partial charge in [0.05, 0.1) is 6.10 Å². The third-order valence-corrected chi connectivity index (χ3v) is 5.19. The molecule has 1 amide bonds. The summed E-state index contributed by atoms with van der Waals surface area (Å²) in [6, 6.07) is 5.99. The Morgan fingerprint density at radius 3 is 3.00 bits per heavy atom. The highest BCUT2D eigenvalue weighted by Gasteiger charge is 2.30. The number of hydrogen-bond acceptors (Lipinski definition) is 4. The fourth-order valence-electron chi connectivity index (χ4n) is 2.64. The zero-order chi connectivity index (χ0) is 13.4. The Bertz CT molecular complexity index is 506. The molecule has 2 N–H and O–H groups in total. The molecule has 3 atom stereocenters. The van der Waals surface area contributed by atoms with Gasteiger partial charge in [0.1, 0.15) is 6.04 Å². The van der Waals surface area contributed by atoms with E-state index in [1.165, 1.54) is 4.90 Å². The summed E-state index contributed by atoms with van der Waals surface area (Å²) in [7, 11) is 1.81. The van der Waals surface area contributed by atoms with E-state index < -0.39 is 0 Å². The van der Waals surface area contributed by atoms with Crippen molar-refractivity contribution in [3.63, 3.8) is 0 Å². The molecule has 0 aromatic heterocycles. The second kappa shape index (κ2) is 5.15. The highest BCUT2D eigenvalue weighted by molar-refractivity contribution is 8.00. The summed E-state index contributed by atoms with van der Waals surface area (Å²) in [6.07, 6.45) is 1.40. The molecule has 19 heavy (non-hydrogen) atoms. The molecule has 0 spiro atoms. The maximum absolute atomic E-state index is 11.8. The summed E-state index contributed by atoms with van der Waals surface area (Å²) in [5.41, 5.74) is 1.97. The van der Waals surface area contributed by atoms with Crippen LogP contribution in [0.1, 0.15) is 24.9 Å². The maximum atomic E-state index is 11.8. The van der Waals surface area contributed by atoms with Gasteiger partial charge in [-0.1, -0.05) is 6.07 Å². The topological polar surface area (TPSA) is 50.4 Å². The first kappa shape index (κ1) is 13.0. The van der Waals surface area contributed by atoms with E-state index in [4.69, 9.17) is 4.74 Å². The first-order chi connectivity index (χ1) is 9.19. The molecule has 3 unspecified atom stereocenters. The number of anilines is 1. The van der Waals surface area contributed by atoms with E-state index in [2.05, 4.69) is 29.7 Å². The van der Waals surface area contributed by atoms with Crippen molar-refractivity contribution in [2.24, 2.45) is 0 Å². The molecule has 1 saturated heterocycles. The summed E-state index contributed by atoms with van der Waals surface area (Å²) in [5, 5.41) is 6.47. The number of nitrogens with one attached hydrogen (secondary N) is 2. The molecule has 0 aliphatic carbocycles. The molecule has 2 heterocycles. The minimum absolute atomic E-state index is 0.0252. The largest absolute Gasteiger partial charge is 0.377 e. The number of amides is 1. The molecule has 1 aromatic carbocycles. The smallest absolute Gasteiger partial charge is 0.246 e. The van der Waals surface area contributed by atoms with E-state index in [9.17, 15) is 4.79 Å². The minimum atomic E-state index is -0.220. The number of benzene rings is 1. The maximum Gasteiger partial charge on any atom is 0.246 e. The van der Waals surface area contributed by atoms with Crippen molar-refractivity contribution < 1.29 is 9.53 Å². The van der Waals surface area contributed by atoms with Crippen LogP contribution in [0.2, 0.25) is 0 Å². The summed E-state index contributed by atoms with van der Waals surface area (Å²) in [4.78, 5) is 13.0. The van der Waals surface area contributed by atoms with Crippen molar-refractivity contribution in [2.75, 3.05) is 19.0 Å². The molecule has 102 valence electrons. The van der Waals surface area contributed by atoms with Crippen molar-refractivity contribution in [1.82, 2.24) is 5.32 Å². The number of rotatable bonds is 3. The molecule has 0 saturated carbocycles. The van der Waals surface area contributed by atoms with Crippen LogP contribution in [0.4, 0.5) is 5.69 Å². The van der Waals surface area contributed by atoms with Crippen molar-refractivity contribution in [1.29, 1.82) is 0 Å². The Kier molecular flexibility index (Phi) is 3.52. The van der Waals surface area contributed by atoms with Gasteiger partial charge in [0, 0.05) is 28.0 Å². The van der Waals surface area contributed by atoms with E-state index in [1.54, 1.807) is 7.05 Å². The van der Waals surface area contributed by atoms with Crippen LogP contribution in [-0.2, 0) is 9.53 Å². The van der Waals surface area contributed by atoms with Crippen LogP contribution in [0.25, 0.3) is 0 Å². The number of fused-ring (bicyclic) bond motifs is 1. The summed E-state index contributed by atoms with van der Waals surface area (Å²) >= 11 is 1.84. The van der Waals surface area contributed by atoms with E-state index in [0.29, 0.717) is 11.4 Å². The molecule has 0 bridgehead atoms. The third kappa shape index (κ3) is 2.38. The number of likely N-dealkylation sites (N-methyl/N-ethyl adjacent to an activating group) is 1. The second-order valence-corrected chi connectivity index (χ2v) is 6.29. The SMILES string of the molecule is CNC1C(=O)Nc2cc(SC3CCOC3C)ccc21. The number of ether oxygens (including phenoxy) is 1. The standard InChI is InChI=1S/C14H18N2O2S/c1-8-12(5-6-18-8)19-9-3-4-10-11(7-9)16-14(17)13(10)15-2/h3-4,7-8,12-13,15H,5-6H2,1-2H3,(H,16,17). The normalized spacial score (nSPS) is 29.4. The van der Waals surface area contributed by atoms with Crippen LogP contribution >= 0.6 is 11.8 Å². The van der Waals surface area contributed by atoms with E-state index in [1.807, 2.05) is 17.8 Å². The Balaban J connectivity index is 1.79. The minimum Gasteiger partial charge on any atom is -0.377 e. The summed E-state index contributed by atoms with van der Waals surface area (Å²) < 4.78 is 5.58. The van der Waals surface area contributed by atoms with Gasteiger partial charge in [-0.05, 0) is 32.5 Å². The number of carbonyl (C=O) groups excluding carboxylic acids is 1. The van der Waals surface area contributed by atoms with Gasteiger partial charge < -0.3 is 15.4 Å². The molecule has 0 radical (unpaired) electrons. The lowest BCUT2D eigenvalue weighted by atomic mass is 10.1. The first-order valence-electron chi connectivity index (χ1n) is 6.59. The van der Waals surface area contributed by atoms with Crippen molar-refractivity contribution in [2.45, 2.75) is 35.6 Å². The average molecular weight is 278 g/mol. The Hall–Kier alpha value is -1.04. The highest BCUT2D eigenvalue weighted by Crippen LogP contribution is 2.37. The number of carbonyl (C=O) groups is 1. The van der Waals surface area contributed by atoms with Gasteiger partial charge in [0.25, 0.3) is 0 Å². The summed E-state index contributed by atoms with van der Waals surface area (Å²) in [5.74, 6) is 0.0252. The lowest BCUT2D eigenvalue weighted by molar-refractivity contribution is -0.117. The lowest BCUT2D eigenvalue weighted by Gasteiger charge is -2.14. The van der Waals surface area contributed by atoms with Crippen LogP contribution < -0.4 is 10.6 Å². The van der Waals surface area contributed by atoms with Gasteiger partial charge in [-0.3, -0.25) is 4.79 Å². The van der Waals surface area contributed by atoms with Crippen LogP contribution in [0.5, 0.6) is 0 Å². The second-order valence-electron chi connectivity index (χ2n) is 4.98. The quantitative estimate of drug-likeness (QED) is 0.889. The van der Waals surface area contributed by atoms with Crippen LogP contribution in [-0.4, -0.2) is 30.9 Å². The molecular formula is C14H18N2O2S. The molecule has 2 aliphatic rings. The molecular weight excluding hydrogens is 260 g/mol. The van der Waals surface area contributed by atoms with Crippen LogP contribution in [0.15, 0.2) is 23.1 Å². The number of hydrogen-bond donors (Lipinski definition) is 2. The van der Waals surface area contributed by atoms with Gasteiger partial charge in [0.15, 0.2) is 0 Å². The average Bonchev–Trinajstić information content (AvgIpc) is 2.92. The molecule has 5 heteroatoms. The third-order valence-electron chi connectivity index (χ3n) is 3.74. The Labute approximate surface area is 117 Å². The van der Waals surface area contributed by atoms with E-state index in [-0.39, 0.29) is 11.9 Å². The van der Waals surface area contributed by atoms with E-state index >= 15 is 0 Å². The fraction of sp³-hybridized carbons (Fsp3) is 0.500. The lowest BCUT2D eigenvalue weighted by Crippen LogP contribution is -2.23. The monoisotopic (exact) mass is 278 g/mol. The molecule has 3 rings (SSSR count). The number of thioether (sulfide) groups is 1. The fourth-order valence-corrected chi connectivity index (χ4v) is 3.81. The van der Waals surface area contributed by atoms with Gasteiger partial charge in [0.2, 0.25) is 5.91 Å². The van der Waals surface area contributed by atoms with Crippen molar-refractivity contribution in [3.05, 3.63) is 23.8 Å². The van der Waals surface area contributed by atoms with Gasteiger partial charge in [-0.25, -0.2) is 0 Å². The van der Waals surface area contributed by atoms with Crippen molar-refractivity contribution >= 4 is 23.4 Å². The van der Waals surface area contributed by atoms with Gasteiger partial charge in [-0.2, -0.15) is 0 Å². The predicted molar refractivity (Wildman–Crippen MR) is 76.5 cm³/mol. The zero-order valence-corrected chi connectivity index (χ0v) is 11.9. The Morgan fingerprint density at radius 1 is 1.47 bits per heavy atom. The van der Waals surface area contributed by atoms with Crippen LogP contribution in [0, 0.1) is 0 Å². The summed E-state index contributed by atoms with van der Waals surface area (Å²) in [6.45, 7) is 2.97. The zero-order valence-electron chi connectivity index (χ0n) is 11.1. The van der Waals surface area contributed by atoms with E-state index in [0.717, 1.165) is 24.3 Å². The molecule has 2 aliphatic heterocycles. The first-order valence-corrected chi connectivity index (χ1v) is 7.47. The highest BCUT2D eigenvalue weighted by atomic mass is 32.2. The van der Waals surface area contributed by atoms with Gasteiger partial charge >= 0.3 is 0 Å². The van der Waals surface area contributed by atoms with Crippen molar-refractivity contribution in [3.8, 4) is 0 Å². The predicted octanol–water partition coefficient (Wildman–Crippen LogP) is 2.17. The molecule has 4 nitrogen and oxygen atoms in total. The van der Waals surface area contributed by atoms with Gasteiger partial charge in [-0.15, -0.1) is 11.8 Å². The Morgan fingerprint density at radius 2 is 2.32 bits per heavy atom. The molecule has 1 fully saturated rings.